The van der Waals surface area contributed by atoms with Gasteiger partial charge < -0.3 is 5.11 Å². The maximum Gasteiger partial charge on any atom is 0.144 e. The molecule has 1 N–H and O–H groups in total. The van der Waals surface area contributed by atoms with E-state index in [1.807, 2.05) is 0 Å². The van der Waals surface area contributed by atoms with Crippen molar-refractivity contribution in [3.63, 3.8) is 0 Å². The molecule has 0 atom stereocenters. The Hall–Kier alpha value is -0.0900. The van der Waals surface area contributed by atoms with Crippen molar-refractivity contribution in [2.75, 3.05) is 5.33 Å². The first-order chi connectivity index (χ1) is 5.66. The zero-order valence-electron chi connectivity index (χ0n) is 6.15. The summed E-state index contributed by atoms with van der Waals surface area (Å²) < 4.78 is 13.6. The minimum absolute atomic E-state index is 0.00940. The molecule has 0 heterocycles. The predicted molar refractivity (Wildman–Crippen MR) is 53.3 cm³/mol. The number of rotatable bonds is 2. The quantitative estimate of drug-likeness (QED) is 0.831. The molecule has 0 fully saturated rings. The largest absolute Gasteiger partial charge is 0.508 e. The van der Waals surface area contributed by atoms with Crippen LogP contribution in [0.5, 0.6) is 5.75 Å². The number of phenolic OH excluding ortho intramolecular Hbond substituents is 1. The Kier molecular flexibility index (Phi) is 3.53. The Bertz CT molecular complexity index is 289. The molecule has 0 unspecified atom stereocenters. The smallest absolute Gasteiger partial charge is 0.144 e. The molecule has 4 heteroatoms. The number of alkyl halides is 1. The van der Waals surface area contributed by atoms with Gasteiger partial charge in [0.25, 0.3) is 0 Å². The summed E-state index contributed by atoms with van der Waals surface area (Å²) in [6.07, 6.45) is 0.483. The number of hydrogen-bond acceptors (Lipinski definition) is 1. The van der Waals surface area contributed by atoms with Gasteiger partial charge in [0.2, 0.25) is 0 Å². The normalized spacial score (nSPS) is 10.2. The van der Waals surface area contributed by atoms with E-state index in [1.54, 1.807) is 0 Å². The lowest BCUT2D eigenvalue weighted by Crippen LogP contribution is -1.93. The summed E-state index contributed by atoms with van der Waals surface area (Å²) in [5.74, 6) is -0.371. The average molecular weight is 298 g/mol. The van der Waals surface area contributed by atoms with E-state index in [0.717, 1.165) is 0 Å². The van der Waals surface area contributed by atoms with E-state index in [9.17, 15) is 9.50 Å². The minimum atomic E-state index is -0.380. The Balaban J connectivity index is 3.14. The average Bonchev–Trinajstić information content (AvgIpc) is 2.06. The van der Waals surface area contributed by atoms with Gasteiger partial charge in [-0.25, -0.2) is 4.39 Å². The third-order valence-corrected chi connectivity index (χ3v) is 2.52. The number of halogens is 3. The minimum Gasteiger partial charge on any atom is -0.508 e. The van der Waals surface area contributed by atoms with Crippen LogP contribution in [-0.2, 0) is 6.42 Å². The van der Waals surface area contributed by atoms with Gasteiger partial charge >= 0.3 is 0 Å². The summed E-state index contributed by atoms with van der Waals surface area (Å²) >= 11 is 6.23. The second-order valence-corrected chi connectivity index (χ2v) is 3.95. The highest BCUT2D eigenvalue weighted by molar-refractivity contribution is 9.10. The standard InChI is InChI=1S/C8H7Br2FO/c9-4-3-5-7(12)2-1-6(10)8(5)11/h1-2,12H,3-4H2. The molecule has 1 rings (SSSR count). The molecule has 0 saturated carbocycles. The van der Waals surface area contributed by atoms with Crippen molar-refractivity contribution < 1.29 is 9.50 Å². The second kappa shape index (κ2) is 4.23. The van der Waals surface area contributed by atoms with Crippen LogP contribution in [0.4, 0.5) is 4.39 Å². The van der Waals surface area contributed by atoms with E-state index in [4.69, 9.17) is 0 Å². The monoisotopic (exact) mass is 296 g/mol. The molecule has 0 bridgehead atoms. The van der Waals surface area contributed by atoms with Crippen molar-refractivity contribution in [1.29, 1.82) is 0 Å². The van der Waals surface area contributed by atoms with Gasteiger partial charge in [-0.2, -0.15) is 0 Å². The predicted octanol–water partition coefficient (Wildman–Crippen LogP) is 3.23. The van der Waals surface area contributed by atoms with Crippen LogP contribution in [0.1, 0.15) is 5.56 Å². The van der Waals surface area contributed by atoms with Crippen LogP contribution < -0.4 is 0 Å². The van der Waals surface area contributed by atoms with Crippen LogP contribution in [0.15, 0.2) is 16.6 Å². The summed E-state index contributed by atoms with van der Waals surface area (Å²) in [7, 11) is 0. The van der Waals surface area contributed by atoms with Crippen LogP contribution in [0, 0.1) is 5.82 Å². The lowest BCUT2D eigenvalue weighted by atomic mass is 10.1. The van der Waals surface area contributed by atoms with E-state index in [-0.39, 0.29) is 11.6 Å². The van der Waals surface area contributed by atoms with Gasteiger partial charge in [0.15, 0.2) is 0 Å². The Morgan fingerprint density at radius 3 is 2.67 bits per heavy atom. The number of benzene rings is 1. The van der Waals surface area contributed by atoms with Gasteiger partial charge in [0.1, 0.15) is 11.6 Å². The fourth-order valence-electron chi connectivity index (χ4n) is 0.915. The second-order valence-electron chi connectivity index (χ2n) is 2.30. The molecule has 12 heavy (non-hydrogen) atoms. The molecular formula is C8H7Br2FO. The van der Waals surface area contributed by atoms with Gasteiger partial charge in [0.05, 0.1) is 4.47 Å². The van der Waals surface area contributed by atoms with Crippen molar-refractivity contribution in [2.45, 2.75) is 6.42 Å². The van der Waals surface area contributed by atoms with Crippen LogP contribution in [0.3, 0.4) is 0 Å². The van der Waals surface area contributed by atoms with Crippen LogP contribution in [0.25, 0.3) is 0 Å². The summed E-state index contributed by atoms with van der Waals surface area (Å²) in [5.41, 5.74) is 0.348. The van der Waals surface area contributed by atoms with E-state index >= 15 is 0 Å². The highest BCUT2D eigenvalue weighted by Gasteiger charge is 2.10. The summed E-state index contributed by atoms with van der Waals surface area (Å²) in [5, 5.41) is 9.90. The van der Waals surface area contributed by atoms with Crippen LogP contribution in [-0.4, -0.2) is 10.4 Å². The number of phenols is 1. The first-order valence-electron chi connectivity index (χ1n) is 3.38. The molecule has 0 aliphatic heterocycles. The van der Waals surface area contributed by atoms with Crippen LogP contribution >= 0.6 is 31.9 Å². The van der Waals surface area contributed by atoms with Crippen molar-refractivity contribution in [3.8, 4) is 5.75 Å². The van der Waals surface area contributed by atoms with E-state index in [1.165, 1.54) is 12.1 Å². The van der Waals surface area contributed by atoms with Gasteiger partial charge in [-0.15, -0.1) is 0 Å². The molecular weight excluding hydrogens is 291 g/mol. The van der Waals surface area contributed by atoms with Crippen molar-refractivity contribution in [2.24, 2.45) is 0 Å². The Morgan fingerprint density at radius 1 is 1.42 bits per heavy atom. The van der Waals surface area contributed by atoms with Crippen molar-refractivity contribution in [1.82, 2.24) is 0 Å². The molecule has 0 aliphatic carbocycles. The fraction of sp³-hybridized carbons (Fsp3) is 0.250. The molecule has 0 amide bonds. The summed E-state index contributed by atoms with van der Waals surface area (Å²) in [4.78, 5) is 0. The maximum atomic E-state index is 13.2. The van der Waals surface area contributed by atoms with Crippen LogP contribution in [0.2, 0.25) is 0 Å². The van der Waals surface area contributed by atoms with Gasteiger partial charge in [-0.1, -0.05) is 15.9 Å². The first-order valence-corrected chi connectivity index (χ1v) is 5.30. The number of aromatic hydroxyl groups is 1. The molecule has 0 spiro atoms. The first kappa shape index (κ1) is 9.99. The molecule has 1 nitrogen and oxygen atoms in total. The fourth-order valence-corrected chi connectivity index (χ4v) is 1.68. The van der Waals surface area contributed by atoms with Crippen molar-refractivity contribution in [3.05, 3.63) is 28.0 Å². The zero-order chi connectivity index (χ0) is 9.14. The molecule has 0 aromatic heterocycles. The van der Waals surface area contributed by atoms with Gasteiger partial charge in [-0.05, 0) is 34.5 Å². The SMILES string of the molecule is Oc1ccc(Br)c(F)c1CCBr. The summed E-state index contributed by atoms with van der Waals surface area (Å²) in [6.45, 7) is 0. The molecule has 0 aliphatic rings. The molecule has 0 radical (unpaired) electrons. The molecule has 66 valence electrons. The highest BCUT2D eigenvalue weighted by atomic mass is 79.9. The Morgan fingerprint density at radius 2 is 2.08 bits per heavy atom. The molecule has 1 aromatic carbocycles. The summed E-state index contributed by atoms with van der Waals surface area (Å²) in [6, 6.07) is 2.97. The topological polar surface area (TPSA) is 20.2 Å². The lowest BCUT2D eigenvalue weighted by Gasteiger charge is -2.04. The Labute approximate surface area is 86.9 Å². The highest BCUT2D eigenvalue weighted by Crippen LogP contribution is 2.27. The zero-order valence-corrected chi connectivity index (χ0v) is 9.32. The lowest BCUT2D eigenvalue weighted by molar-refractivity contribution is 0.459. The molecule has 1 aromatic rings. The van der Waals surface area contributed by atoms with E-state index in [0.29, 0.717) is 21.8 Å². The third-order valence-electron chi connectivity index (χ3n) is 1.52. The van der Waals surface area contributed by atoms with E-state index < -0.39 is 0 Å². The van der Waals surface area contributed by atoms with Gasteiger partial charge in [0, 0.05) is 10.9 Å². The number of hydrogen-bond donors (Lipinski definition) is 1. The van der Waals surface area contributed by atoms with E-state index in [2.05, 4.69) is 31.9 Å². The third kappa shape index (κ3) is 1.98. The van der Waals surface area contributed by atoms with Crippen molar-refractivity contribution >= 4 is 31.9 Å². The maximum absolute atomic E-state index is 13.2. The molecule has 0 saturated heterocycles. The van der Waals surface area contributed by atoms with Gasteiger partial charge in [-0.3, -0.25) is 0 Å².